The molecule has 0 radical (unpaired) electrons. The average molecular weight is 311 g/mol. The van der Waals surface area contributed by atoms with E-state index in [1.165, 1.54) is 12.1 Å². The van der Waals surface area contributed by atoms with Crippen molar-refractivity contribution in [2.75, 3.05) is 0 Å². The lowest BCUT2D eigenvalue weighted by atomic mass is 9.99. The Morgan fingerprint density at radius 3 is 2.36 bits per heavy atom. The van der Waals surface area contributed by atoms with Crippen LogP contribution < -0.4 is 5.73 Å². The molecule has 1 heterocycles. The molecule has 1 aromatic heterocycles. The first-order valence-electron chi connectivity index (χ1n) is 7.15. The molecule has 3 rings (SSSR count). The van der Waals surface area contributed by atoms with E-state index in [2.05, 4.69) is 10.1 Å². The summed E-state index contributed by atoms with van der Waals surface area (Å²) in [6, 6.07) is 4.93. The molecule has 0 saturated heterocycles. The normalized spacial score (nSPS) is 17.8. The van der Waals surface area contributed by atoms with Crippen LogP contribution in [0.15, 0.2) is 28.8 Å². The maximum atomic E-state index is 12.5. The van der Waals surface area contributed by atoms with E-state index in [1.807, 2.05) is 0 Å². The van der Waals surface area contributed by atoms with Crippen LogP contribution in [0.3, 0.4) is 0 Å². The summed E-state index contributed by atoms with van der Waals surface area (Å²) in [5, 5.41) is 3.93. The minimum absolute atomic E-state index is 0.293. The summed E-state index contributed by atoms with van der Waals surface area (Å²) in [7, 11) is 0. The number of nitrogens with two attached hydrogens (primary N) is 1. The number of hydrogen-bond acceptors (Lipinski definition) is 4. The van der Waals surface area contributed by atoms with Gasteiger partial charge in [-0.05, 0) is 30.5 Å². The predicted molar refractivity (Wildman–Crippen MR) is 72.9 cm³/mol. The highest BCUT2D eigenvalue weighted by Gasteiger charge is 2.36. The van der Waals surface area contributed by atoms with Gasteiger partial charge in [0.1, 0.15) is 0 Å². The molecule has 2 aromatic rings. The average Bonchev–Trinajstić information content (AvgIpc) is 3.09. The van der Waals surface area contributed by atoms with Gasteiger partial charge in [-0.2, -0.15) is 18.2 Å². The molecule has 22 heavy (non-hydrogen) atoms. The Hall–Kier alpha value is -1.89. The van der Waals surface area contributed by atoms with Crippen LogP contribution in [0.5, 0.6) is 0 Å². The summed E-state index contributed by atoms with van der Waals surface area (Å²) in [6.07, 6.45) is -0.303. The molecule has 1 aliphatic carbocycles. The monoisotopic (exact) mass is 311 g/mol. The van der Waals surface area contributed by atoms with E-state index in [0.717, 1.165) is 37.8 Å². The molecule has 0 bridgehead atoms. The van der Waals surface area contributed by atoms with E-state index in [-0.39, 0.29) is 0 Å². The molecule has 7 heteroatoms. The van der Waals surface area contributed by atoms with Crippen LogP contribution in [-0.2, 0) is 18.1 Å². The lowest BCUT2D eigenvalue weighted by Gasteiger charge is -2.17. The lowest BCUT2D eigenvalue weighted by Crippen LogP contribution is -2.34. The molecule has 1 aliphatic rings. The van der Waals surface area contributed by atoms with Crippen molar-refractivity contribution in [2.45, 2.75) is 43.8 Å². The quantitative estimate of drug-likeness (QED) is 0.943. The third-order valence-electron chi connectivity index (χ3n) is 4.05. The smallest absolute Gasteiger partial charge is 0.339 e. The highest BCUT2D eigenvalue weighted by molar-refractivity contribution is 5.26. The fraction of sp³-hybridized carbons (Fsp3) is 0.467. The molecule has 0 amide bonds. The molecule has 0 atom stereocenters. The maximum absolute atomic E-state index is 12.5. The number of alkyl halides is 3. The second-order valence-electron chi connectivity index (χ2n) is 5.75. The first kappa shape index (κ1) is 15.0. The second-order valence-corrected chi connectivity index (χ2v) is 5.75. The van der Waals surface area contributed by atoms with Crippen LogP contribution in [0.1, 0.15) is 48.5 Å². The maximum Gasteiger partial charge on any atom is 0.416 e. The zero-order valence-electron chi connectivity index (χ0n) is 11.9. The Labute approximate surface area is 125 Å². The van der Waals surface area contributed by atoms with Crippen molar-refractivity contribution in [3.8, 4) is 0 Å². The van der Waals surface area contributed by atoms with Gasteiger partial charge in [0.15, 0.2) is 5.82 Å². The topological polar surface area (TPSA) is 64.9 Å². The van der Waals surface area contributed by atoms with E-state index < -0.39 is 17.3 Å². The van der Waals surface area contributed by atoms with Gasteiger partial charge in [0.25, 0.3) is 0 Å². The number of aromatic nitrogens is 2. The zero-order chi connectivity index (χ0) is 15.8. The molecular formula is C15H16F3N3O. The molecule has 0 aliphatic heterocycles. The van der Waals surface area contributed by atoms with Gasteiger partial charge in [0.2, 0.25) is 5.89 Å². The van der Waals surface area contributed by atoms with E-state index in [1.54, 1.807) is 0 Å². The van der Waals surface area contributed by atoms with Crippen LogP contribution in [0.4, 0.5) is 13.2 Å². The molecule has 0 unspecified atom stereocenters. The van der Waals surface area contributed by atoms with Crippen molar-refractivity contribution in [3.63, 3.8) is 0 Å². The summed E-state index contributed by atoms with van der Waals surface area (Å²) in [6.45, 7) is 0. The van der Waals surface area contributed by atoms with Crippen molar-refractivity contribution in [2.24, 2.45) is 5.73 Å². The van der Waals surface area contributed by atoms with Gasteiger partial charge in [-0.15, -0.1) is 0 Å². The zero-order valence-corrected chi connectivity index (χ0v) is 11.9. The van der Waals surface area contributed by atoms with E-state index in [0.29, 0.717) is 23.7 Å². The highest BCUT2D eigenvalue weighted by Crippen LogP contribution is 2.34. The summed E-state index contributed by atoms with van der Waals surface area (Å²) < 4.78 is 42.7. The number of benzene rings is 1. The Bertz CT molecular complexity index is 643. The molecule has 2 N–H and O–H groups in total. The Morgan fingerprint density at radius 2 is 1.77 bits per heavy atom. The van der Waals surface area contributed by atoms with Gasteiger partial charge in [-0.25, -0.2) is 0 Å². The number of rotatable bonds is 3. The first-order valence-corrected chi connectivity index (χ1v) is 7.15. The molecule has 1 fully saturated rings. The second kappa shape index (κ2) is 5.39. The van der Waals surface area contributed by atoms with Crippen molar-refractivity contribution in [3.05, 3.63) is 47.1 Å². The largest absolute Gasteiger partial charge is 0.416 e. The van der Waals surface area contributed by atoms with Crippen molar-refractivity contribution in [1.82, 2.24) is 10.1 Å². The molecule has 0 spiro atoms. The lowest BCUT2D eigenvalue weighted by molar-refractivity contribution is -0.137. The van der Waals surface area contributed by atoms with Crippen LogP contribution in [0.25, 0.3) is 0 Å². The van der Waals surface area contributed by atoms with E-state index in [9.17, 15) is 13.2 Å². The van der Waals surface area contributed by atoms with E-state index >= 15 is 0 Å². The number of halogens is 3. The SMILES string of the molecule is NC1(c2noc(Cc3ccc(C(F)(F)F)cc3)n2)CCCC1. The Balaban J connectivity index is 1.73. The molecular weight excluding hydrogens is 295 g/mol. The highest BCUT2D eigenvalue weighted by atomic mass is 19.4. The van der Waals surface area contributed by atoms with Gasteiger partial charge in [0, 0.05) is 0 Å². The molecule has 4 nitrogen and oxygen atoms in total. The summed E-state index contributed by atoms with van der Waals surface area (Å²) in [5.41, 5.74) is 5.73. The van der Waals surface area contributed by atoms with Crippen molar-refractivity contribution < 1.29 is 17.7 Å². The standard InChI is InChI=1S/C15H16F3N3O/c16-15(17,18)11-5-3-10(4-6-11)9-12-20-13(21-22-12)14(19)7-1-2-8-14/h3-6H,1-2,7-9,19H2. The Kier molecular flexibility index (Phi) is 3.68. The van der Waals surface area contributed by atoms with Crippen molar-refractivity contribution >= 4 is 0 Å². The van der Waals surface area contributed by atoms with Crippen molar-refractivity contribution in [1.29, 1.82) is 0 Å². The summed E-state index contributed by atoms with van der Waals surface area (Å²) in [4.78, 5) is 4.31. The Morgan fingerprint density at radius 1 is 1.14 bits per heavy atom. The fourth-order valence-electron chi connectivity index (χ4n) is 2.74. The third-order valence-corrected chi connectivity index (χ3v) is 4.05. The predicted octanol–water partition coefficient (Wildman–Crippen LogP) is 3.41. The van der Waals surface area contributed by atoms with Gasteiger partial charge in [-0.1, -0.05) is 30.1 Å². The third kappa shape index (κ3) is 2.99. The van der Waals surface area contributed by atoms with Crippen LogP contribution in [-0.4, -0.2) is 10.1 Å². The van der Waals surface area contributed by atoms with Crippen LogP contribution in [0, 0.1) is 0 Å². The van der Waals surface area contributed by atoms with Gasteiger partial charge in [-0.3, -0.25) is 0 Å². The minimum atomic E-state index is -4.33. The fourth-order valence-corrected chi connectivity index (χ4v) is 2.74. The molecule has 1 saturated carbocycles. The van der Waals surface area contributed by atoms with Crippen LogP contribution >= 0.6 is 0 Å². The van der Waals surface area contributed by atoms with Gasteiger partial charge < -0.3 is 10.3 Å². The summed E-state index contributed by atoms with van der Waals surface area (Å²) in [5.74, 6) is 0.860. The molecule has 1 aromatic carbocycles. The minimum Gasteiger partial charge on any atom is -0.339 e. The van der Waals surface area contributed by atoms with Gasteiger partial charge >= 0.3 is 6.18 Å². The summed E-state index contributed by atoms with van der Waals surface area (Å²) >= 11 is 0. The molecule has 118 valence electrons. The number of hydrogen-bond donors (Lipinski definition) is 1. The van der Waals surface area contributed by atoms with E-state index in [4.69, 9.17) is 10.3 Å². The van der Waals surface area contributed by atoms with Crippen LogP contribution in [0.2, 0.25) is 0 Å². The first-order chi connectivity index (χ1) is 10.4. The van der Waals surface area contributed by atoms with Gasteiger partial charge in [0.05, 0.1) is 17.5 Å². The number of nitrogens with zero attached hydrogens (tertiary/aromatic N) is 2.